The van der Waals surface area contributed by atoms with Crippen LogP contribution in [-0.2, 0) is 11.3 Å². The molecule has 3 heterocycles. The zero-order valence-electron chi connectivity index (χ0n) is 14.3. The van der Waals surface area contributed by atoms with Crippen LogP contribution in [0.2, 0.25) is 5.02 Å². The lowest BCUT2D eigenvalue weighted by Gasteiger charge is -2.12. The molecule has 0 saturated carbocycles. The lowest BCUT2D eigenvalue weighted by molar-refractivity contribution is 0.0472. The molecule has 1 aliphatic heterocycles. The second-order valence-electron chi connectivity index (χ2n) is 5.89. The fourth-order valence-electron chi connectivity index (χ4n) is 2.65. The molecule has 0 aliphatic carbocycles. The highest BCUT2D eigenvalue weighted by atomic mass is 35.5. The number of nitrogens with zero attached hydrogens (tertiary/aromatic N) is 3. The number of benzene rings is 1. The van der Waals surface area contributed by atoms with E-state index in [1.807, 2.05) is 0 Å². The van der Waals surface area contributed by atoms with Gasteiger partial charge in [0, 0.05) is 25.0 Å². The third kappa shape index (κ3) is 3.88. The maximum Gasteiger partial charge on any atom is 0.340 e. The fourth-order valence-corrected chi connectivity index (χ4v) is 2.93. The molecule has 4 rings (SSSR count). The summed E-state index contributed by atoms with van der Waals surface area (Å²) in [6, 6.07) is 8.63. The van der Waals surface area contributed by atoms with Gasteiger partial charge in [-0.05, 0) is 35.9 Å². The molecule has 0 spiro atoms. The van der Waals surface area contributed by atoms with Crippen LogP contribution < -0.4 is 9.47 Å². The van der Waals surface area contributed by atoms with E-state index in [9.17, 15) is 4.79 Å². The van der Waals surface area contributed by atoms with E-state index in [0.29, 0.717) is 41.1 Å². The number of halogens is 1. The van der Waals surface area contributed by atoms with Crippen molar-refractivity contribution < 1.29 is 19.0 Å². The van der Waals surface area contributed by atoms with Gasteiger partial charge in [0.2, 0.25) is 0 Å². The molecular weight excluding hydrogens is 370 g/mol. The Labute approximate surface area is 160 Å². The topological polar surface area (TPSA) is 75.5 Å². The van der Waals surface area contributed by atoms with Crippen molar-refractivity contribution in [3.8, 4) is 17.3 Å². The van der Waals surface area contributed by atoms with Crippen molar-refractivity contribution in [2.24, 2.45) is 0 Å². The molecule has 0 unspecified atom stereocenters. The van der Waals surface area contributed by atoms with E-state index in [1.165, 1.54) is 6.20 Å². The second kappa shape index (κ2) is 7.67. The Morgan fingerprint density at radius 1 is 1.26 bits per heavy atom. The summed E-state index contributed by atoms with van der Waals surface area (Å²) in [7, 11) is 0. The molecule has 7 nitrogen and oxygen atoms in total. The third-order valence-corrected chi connectivity index (χ3v) is 4.24. The summed E-state index contributed by atoms with van der Waals surface area (Å²) in [5.74, 6) is 1.24. The van der Waals surface area contributed by atoms with Gasteiger partial charge in [-0.1, -0.05) is 11.6 Å². The number of hydrogen-bond donors (Lipinski definition) is 0. The quantitative estimate of drug-likeness (QED) is 0.640. The van der Waals surface area contributed by atoms with Gasteiger partial charge in [-0.3, -0.25) is 0 Å². The summed E-state index contributed by atoms with van der Waals surface area (Å²) >= 11 is 6.25. The van der Waals surface area contributed by atoms with Crippen LogP contribution in [0, 0.1) is 0 Å². The highest BCUT2D eigenvalue weighted by molar-refractivity contribution is 6.32. The summed E-state index contributed by atoms with van der Waals surface area (Å²) in [4.78, 5) is 16.5. The Hall–Kier alpha value is -3.06. The van der Waals surface area contributed by atoms with Gasteiger partial charge < -0.3 is 14.2 Å². The summed E-state index contributed by atoms with van der Waals surface area (Å²) < 4.78 is 18.2. The number of esters is 1. The predicted octanol–water partition coefficient (Wildman–Crippen LogP) is 3.44. The molecule has 138 valence electrons. The first-order chi connectivity index (χ1) is 13.2. The molecular formula is C19H16ClN3O4. The standard InChI is InChI=1S/C19H16ClN3O4/c20-15-9-13(10-16-18(15)26-8-2-7-25-16)12-27-19(24)14-3-4-17(21-11-14)23-6-1-5-22-23/h1,3-6,9-11H,2,7-8,12H2. The summed E-state index contributed by atoms with van der Waals surface area (Å²) in [5, 5.41) is 4.53. The number of aromatic nitrogens is 3. The van der Waals surface area contributed by atoms with Crippen LogP contribution in [0.15, 0.2) is 48.9 Å². The summed E-state index contributed by atoms with van der Waals surface area (Å²) in [5.41, 5.74) is 1.07. The van der Waals surface area contributed by atoms with Crippen molar-refractivity contribution >= 4 is 17.6 Å². The fraction of sp³-hybridized carbons (Fsp3) is 0.211. The third-order valence-electron chi connectivity index (χ3n) is 3.95. The number of ether oxygens (including phenoxy) is 3. The first-order valence-corrected chi connectivity index (χ1v) is 8.80. The molecule has 8 heteroatoms. The van der Waals surface area contributed by atoms with Crippen LogP contribution in [0.25, 0.3) is 5.82 Å². The molecule has 0 bridgehead atoms. The van der Waals surface area contributed by atoms with E-state index in [2.05, 4.69) is 10.1 Å². The summed E-state index contributed by atoms with van der Waals surface area (Å²) in [6.07, 6.45) is 5.68. The average Bonchev–Trinajstić information content (AvgIpc) is 3.12. The molecule has 1 aromatic carbocycles. The van der Waals surface area contributed by atoms with Crippen LogP contribution in [0.5, 0.6) is 11.5 Å². The van der Waals surface area contributed by atoms with E-state index in [-0.39, 0.29) is 6.61 Å². The number of carbonyl (C=O) groups is 1. The lowest BCUT2D eigenvalue weighted by Crippen LogP contribution is -2.07. The maximum atomic E-state index is 12.3. The number of fused-ring (bicyclic) bond motifs is 1. The molecule has 0 amide bonds. The van der Waals surface area contributed by atoms with Crippen LogP contribution in [0.3, 0.4) is 0 Å². The van der Waals surface area contributed by atoms with E-state index < -0.39 is 5.97 Å². The van der Waals surface area contributed by atoms with Gasteiger partial charge in [0.05, 0.1) is 23.8 Å². The second-order valence-corrected chi connectivity index (χ2v) is 6.29. The average molecular weight is 386 g/mol. The zero-order chi connectivity index (χ0) is 18.6. The van der Waals surface area contributed by atoms with Crippen molar-refractivity contribution in [1.82, 2.24) is 14.8 Å². The largest absolute Gasteiger partial charge is 0.489 e. The zero-order valence-corrected chi connectivity index (χ0v) is 15.1. The van der Waals surface area contributed by atoms with Crippen LogP contribution in [-0.4, -0.2) is 33.9 Å². The molecule has 1 aliphatic rings. The monoisotopic (exact) mass is 385 g/mol. The van der Waals surface area contributed by atoms with Gasteiger partial charge >= 0.3 is 5.97 Å². The van der Waals surface area contributed by atoms with Gasteiger partial charge in [-0.15, -0.1) is 0 Å². The minimum absolute atomic E-state index is 0.0656. The van der Waals surface area contributed by atoms with Crippen molar-refractivity contribution in [2.45, 2.75) is 13.0 Å². The predicted molar refractivity (Wildman–Crippen MR) is 97.5 cm³/mol. The van der Waals surface area contributed by atoms with Gasteiger partial charge in [0.1, 0.15) is 6.61 Å². The first kappa shape index (κ1) is 17.4. The van der Waals surface area contributed by atoms with Gasteiger partial charge in [-0.2, -0.15) is 5.10 Å². The molecule has 0 fully saturated rings. The molecule has 3 aromatic rings. The number of carbonyl (C=O) groups excluding carboxylic acids is 1. The van der Waals surface area contributed by atoms with Crippen molar-refractivity contribution in [3.63, 3.8) is 0 Å². The number of rotatable bonds is 4. The SMILES string of the molecule is O=C(OCc1cc(Cl)c2c(c1)OCCCO2)c1ccc(-n2cccn2)nc1. The van der Waals surface area contributed by atoms with Crippen molar-refractivity contribution in [1.29, 1.82) is 0 Å². The van der Waals surface area contributed by atoms with E-state index in [1.54, 1.807) is 47.4 Å². The molecule has 2 aromatic heterocycles. The Morgan fingerprint density at radius 3 is 2.93 bits per heavy atom. The normalized spacial score (nSPS) is 13.1. The highest BCUT2D eigenvalue weighted by Gasteiger charge is 2.16. The van der Waals surface area contributed by atoms with E-state index in [4.69, 9.17) is 25.8 Å². The lowest BCUT2D eigenvalue weighted by atomic mass is 10.2. The Morgan fingerprint density at radius 2 is 2.15 bits per heavy atom. The Balaban J connectivity index is 1.43. The summed E-state index contributed by atoms with van der Waals surface area (Å²) in [6.45, 7) is 1.18. The molecule has 0 atom stereocenters. The van der Waals surface area contributed by atoms with Crippen LogP contribution in [0.1, 0.15) is 22.3 Å². The molecule has 0 saturated heterocycles. The van der Waals surface area contributed by atoms with Crippen LogP contribution in [0.4, 0.5) is 0 Å². The minimum atomic E-state index is -0.474. The van der Waals surface area contributed by atoms with E-state index in [0.717, 1.165) is 12.0 Å². The number of hydrogen-bond acceptors (Lipinski definition) is 6. The highest BCUT2D eigenvalue weighted by Crippen LogP contribution is 2.38. The van der Waals surface area contributed by atoms with Gasteiger partial charge in [-0.25, -0.2) is 14.5 Å². The Kier molecular flexibility index (Phi) is 4.93. The van der Waals surface area contributed by atoms with Crippen molar-refractivity contribution in [2.75, 3.05) is 13.2 Å². The maximum absolute atomic E-state index is 12.3. The first-order valence-electron chi connectivity index (χ1n) is 8.42. The molecule has 27 heavy (non-hydrogen) atoms. The molecule has 0 radical (unpaired) electrons. The molecule has 0 N–H and O–H groups in total. The smallest absolute Gasteiger partial charge is 0.340 e. The van der Waals surface area contributed by atoms with E-state index >= 15 is 0 Å². The number of pyridine rings is 1. The van der Waals surface area contributed by atoms with Crippen molar-refractivity contribution in [3.05, 3.63) is 65.1 Å². The van der Waals surface area contributed by atoms with Crippen LogP contribution >= 0.6 is 11.6 Å². The van der Waals surface area contributed by atoms with Gasteiger partial charge in [0.15, 0.2) is 17.3 Å². The van der Waals surface area contributed by atoms with Gasteiger partial charge in [0.25, 0.3) is 0 Å². The Bertz CT molecular complexity index is 942. The minimum Gasteiger partial charge on any atom is -0.489 e.